The van der Waals surface area contributed by atoms with E-state index in [0.29, 0.717) is 39.1 Å². The molecule has 2 N–H and O–H groups in total. The Hall–Kier alpha value is -0.490. The zero-order valence-electron chi connectivity index (χ0n) is 12.3. The van der Waals surface area contributed by atoms with Crippen LogP contribution in [0.4, 0.5) is 0 Å². The van der Waals surface area contributed by atoms with Crippen LogP contribution in [0.3, 0.4) is 0 Å². The highest BCUT2D eigenvalue weighted by Gasteiger charge is 2.36. The first-order chi connectivity index (χ1) is 8.88. The molecule has 5 nitrogen and oxygen atoms in total. The Morgan fingerprint density at radius 2 is 1.95 bits per heavy atom. The molecule has 19 heavy (non-hydrogen) atoms. The summed E-state index contributed by atoms with van der Waals surface area (Å²) in [7, 11) is 0. The maximum atomic E-state index is 11.7. The molecule has 112 valence electrons. The Balaban J connectivity index is 2.58. The molecule has 2 atom stereocenters. The fraction of sp³-hybridized carbons (Fsp3) is 0.929. The van der Waals surface area contributed by atoms with Crippen LogP contribution in [-0.2, 0) is 9.53 Å². The van der Waals surface area contributed by atoms with Crippen LogP contribution in [0.5, 0.6) is 0 Å². The van der Waals surface area contributed by atoms with Gasteiger partial charge >= 0.3 is 0 Å². The number of carbonyl (C=O) groups excluding carboxylic acids is 1. The Morgan fingerprint density at radius 3 is 2.42 bits per heavy atom. The number of aliphatic hydroxyl groups is 2. The number of rotatable bonds is 7. The van der Waals surface area contributed by atoms with Gasteiger partial charge in [0.15, 0.2) is 0 Å². The van der Waals surface area contributed by atoms with Gasteiger partial charge in [0.1, 0.15) is 5.78 Å². The number of morpholine rings is 1. The van der Waals surface area contributed by atoms with E-state index < -0.39 is 5.60 Å². The van der Waals surface area contributed by atoms with E-state index in [2.05, 4.69) is 0 Å². The maximum Gasteiger partial charge on any atom is 0.135 e. The lowest BCUT2D eigenvalue weighted by molar-refractivity contribution is -0.125. The molecule has 0 aromatic heterocycles. The summed E-state index contributed by atoms with van der Waals surface area (Å²) in [5.41, 5.74) is -1.06. The van der Waals surface area contributed by atoms with E-state index in [-0.39, 0.29) is 24.3 Å². The number of hydrogen-bond donors (Lipinski definition) is 2. The van der Waals surface area contributed by atoms with Gasteiger partial charge in [-0.3, -0.25) is 9.69 Å². The van der Waals surface area contributed by atoms with Crippen LogP contribution < -0.4 is 0 Å². The lowest BCUT2D eigenvalue weighted by Gasteiger charge is -2.41. The van der Waals surface area contributed by atoms with Gasteiger partial charge in [-0.1, -0.05) is 13.8 Å². The number of carbonyl (C=O) groups is 1. The van der Waals surface area contributed by atoms with Crippen molar-refractivity contribution in [3.8, 4) is 0 Å². The van der Waals surface area contributed by atoms with Crippen molar-refractivity contribution >= 4 is 5.78 Å². The number of hydrogen-bond acceptors (Lipinski definition) is 5. The highest BCUT2D eigenvalue weighted by atomic mass is 16.5. The second kappa shape index (κ2) is 7.33. The SMILES string of the molecule is CC(C)C(=O)CCC(C)(O)C(CO)N1CCOCC1. The van der Waals surface area contributed by atoms with Gasteiger partial charge in [0, 0.05) is 25.4 Å². The minimum absolute atomic E-state index is 0.00763. The average molecular weight is 273 g/mol. The highest BCUT2D eigenvalue weighted by molar-refractivity contribution is 5.80. The van der Waals surface area contributed by atoms with Crippen LogP contribution in [0.1, 0.15) is 33.6 Å². The van der Waals surface area contributed by atoms with Gasteiger partial charge in [-0.25, -0.2) is 0 Å². The Labute approximate surface area is 115 Å². The summed E-state index contributed by atoms with van der Waals surface area (Å²) in [4.78, 5) is 13.7. The molecule has 1 aliphatic rings. The molecule has 0 bridgehead atoms. The number of ketones is 1. The predicted molar refractivity (Wildman–Crippen MR) is 73.0 cm³/mol. The third-order valence-corrected chi connectivity index (χ3v) is 3.90. The van der Waals surface area contributed by atoms with E-state index >= 15 is 0 Å². The van der Waals surface area contributed by atoms with Crippen LogP contribution in [0.25, 0.3) is 0 Å². The van der Waals surface area contributed by atoms with Crippen LogP contribution in [-0.4, -0.2) is 65.4 Å². The molecule has 5 heteroatoms. The molecule has 0 amide bonds. The lowest BCUT2D eigenvalue weighted by Crippen LogP contribution is -2.56. The third-order valence-electron chi connectivity index (χ3n) is 3.90. The van der Waals surface area contributed by atoms with E-state index in [0.717, 1.165) is 0 Å². The van der Waals surface area contributed by atoms with Crippen molar-refractivity contribution in [3.63, 3.8) is 0 Å². The van der Waals surface area contributed by atoms with Crippen LogP contribution in [0.2, 0.25) is 0 Å². The smallest absolute Gasteiger partial charge is 0.135 e. The molecule has 0 saturated carbocycles. The molecule has 0 spiro atoms. The molecule has 0 aromatic carbocycles. The molecule has 1 saturated heterocycles. The number of ether oxygens (including phenoxy) is 1. The normalized spacial score (nSPS) is 22.2. The summed E-state index contributed by atoms with van der Waals surface area (Å²) in [6.45, 7) is 7.99. The molecule has 2 unspecified atom stereocenters. The fourth-order valence-corrected chi connectivity index (χ4v) is 2.43. The molecule has 1 aliphatic heterocycles. The van der Waals surface area contributed by atoms with Gasteiger partial charge in [0.25, 0.3) is 0 Å². The third kappa shape index (κ3) is 4.84. The van der Waals surface area contributed by atoms with Gasteiger partial charge in [0.2, 0.25) is 0 Å². The largest absolute Gasteiger partial charge is 0.395 e. The topological polar surface area (TPSA) is 70.0 Å². The van der Waals surface area contributed by atoms with E-state index in [1.54, 1.807) is 6.92 Å². The average Bonchev–Trinajstić information content (AvgIpc) is 2.37. The van der Waals surface area contributed by atoms with Gasteiger partial charge in [-0.15, -0.1) is 0 Å². The zero-order chi connectivity index (χ0) is 14.5. The molecule has 1 heterocycles. The minimum Gasteiger partial charge on any atom is -0.395 e. The summed E-state index contributed by atoms with van der Waals surface area (Å²) in [5.74, 6) is 0.144. The number of aliphatic hydroxyl groups excluding tert-OH is 1. The maximum absolute atomic E-state index is 11.7. The van der Waals surface area contributed by atoms with Crippen LogP contribution in [0, 0.1) is 5.92 Å². The first-order valence-electron chi connectivity index (χ1n) is 7.06. The monoisotopic (exact) mass is 273 g/mol. The lowest BCUT2D eigenvalue weighted by atomic mass is 9.88. The van der Waals surface area contributed by atoms with Crippen molar-refractivity contribution in [3.05, 3.63) is 0 Å². The van der Waals surface area contributed by atoms with Gasteiger partial charge in [0.05, 0.1) is 31.5 Å². The number of Topliss-reactive ketones (excluding diaryl/α,β-unsaturated/α-hetero) is 1. The number of nitrogens with zero attached hydrogens (tertiary/aromatic N) is 1. The predicted octanol–water partition coefficient (Wildman–Crippen LogP) is 0.436. The first-order valence-corrected chi connectivity index (χ1v) is 7.06. The Morgan fingerprint density at radius 1 is 1.37 bits per heavy atom. The van der Waals surface area contributed by atoms with Crippen LogP contribution in [0.15, 0.2) is 0 Å². The summed E-state index contributed by atoms with van der Waals surface area (Å²) >= 11 is 0. The van der Waals surface area contributed by atoms with Crippen LogP contribution >= 0.6 is 0 Å². The zero-order valence-corrected chi connectivity index (χ0v) is 12.3. The summed E-state index contributed by atoms with van der Waals surface area (Å²) < 4.78 is 5.28. The van der Waals surface area contributed by atoms with Crippen molar-refractivity contribution in [1.82, 2.24) is 4.90 Å². The van der Waals surface area contributed by atoms with Crippen molar-refractivity contribution in [1.29, 1.82) is 0 Å². The Kier molecular flexibility index (Phi) is 6.39. The molecule has 0 aromatic rings. The summed E-state index contributed by atoms with van der Waals surface area (Å²) in [6, 6.07) is -0.337. The van der Waals surface area contributed by atoms with E-state index in [4.69, 9.17) is 4.74 Å². The van der Waals surface area contributed by atoms with Gasteiger partial charge < -0.3 is 14.9 Å². The standard InChI is InChI=1S/C14H27NO4/c1-11(2)12(17)4-5-14(3,18)13(10-16)15-6-8-19-9-7-15/h11,13,16,18H,4-10H2,1-3H3. The van der Waals surface area contributed by atoms with Crippen molar-refractivity contribution in [2.45, 2.75) is 45.3 Å². The quantitative estimate of drug-likeness (QED) is 0.704. The van der Waals surface area contributed by atoms with Gasteiger partial charge in [-0.2, -0.15) is 0 Å². The summed E-state index contributed by atoms with van der Waals surface area (Å²) in [5, 5.41) is 20.1. The molecule has 1 fully saturated rings. The van der Waals surface area contributed by atoms with E-state index in [1.807, 2.05) is 18.7 Å². The fourth-order valence-electron chi connectivity index (χ4n) is 2.43. The van der Waals surface area contributed by atoms with Crippen molar-refractivity contribution in [2.24, 2.45) is 5.92 Å². The van der Waals surface area contributed by atoms with E-state index in [9.17, 15) is 15.0 Å². The highest BCUT2D eigenvalue weighted by Crippen LogP contribution is 2.23. The van der Waals surface area contributed by atoms with Gasteiger partial charge in [-0.05, 0) is 13.3 Å². The summed E-state index contributed by atoms with van der Waals surface area (Å²) in [6.07, 6.45) is 0.734. The second-order valence-corrected chi connectivity index (χ2v) is 5.82. The molecule has 1 rings (SSSR count). The van der Waals surface area contributed by atoms with Crippen molar-refractivity contribution in [2.75, 3.05) is 32.9 Å². The molecule has 0 aliphatic carbocycles. The second-order valence-electron chi connectivity index (χ2n) is 5.82. The van der Waals surface area contributed by atoms with E-state index in [1.165, 1.54) is 0 Å². The minimum atomic E-state index is -1.06. The first kappa shape index (κ1) is 16.6. The van der Waals surface area contributed by atoms with Crippen molar-refractivity contribution < 1.29 is 19.7 Å². The molecular formula is C14H27NO4. The molecular weight excluding hydrogens is 246 g/mol. The molecule has 0 radical (unpaired) electrons. The Bertz CT molecular complexity index is 285.